The van der Waals surface area contributed by atoms with Gasteiger partial charge in [0.05, 0.1) is 5.75 Å². The molecule has 0 spiro atoms. The van der Waals surface area contributed by atoms with Gasteiger partial charge < -0.3 is 0 Å². The van der Waals surface area contributed by atoms with Crippen molar-refractivity contribution in [1.82, 2.24) is 0 Å². The third-order valence-electron chi connectivity index (χ3n) is 4.33. The molecule has 2 aromatic rings. The normalized spacial score (nSPS) is 14.0. The van der Waals surface area contributed by atoms with Gasteiger partial charge in [-0.15, -0.1) is 0 Å². The van der Waals surface area contributed by atoms with E-state index in [2.05, 4.69) is 9.44 Å². The van der Waals surface area contributed by atoms with E-state index in [0.717, 1.165) is 22.3 Å². The molecule has 0 heterocycles. The quantitative estimate of drug-likeness (QED) is 0.449. The summed E-state index contributed by atoms with van der Waals surface area (Å²) in [4.78, 5) is 0. The zero-order valence-corrected chi connectivity index (χ0v) is 15.4. The highest BCUT2D eigenvalue weighted by atomic mass is 32.2. The molecular formula is C19H18F3NO3S. The summed E-state index contributed by atoms with van der Waals surface area (Å²) in [6.07, 6.45) is -3.47. The van der Waals surface area contributed by atoms with Crippen molar-refractivity contribution >= 4 is 15.8 Å². The van der Waals surface area contributed by atoms with Gasteiger partial charge in [-0.25, -0.2) is 0 Å². The third kappa shape index (κ3) is 4.32. The minimum Gasteiger partial charge on any atom is -0.268 e. The Kier molecular flexibility index (Phi) is 5.28. The smallest absolute Gasteiger partial charge is 0.268 e. The number of halogens is 3. The summed E-state index contributed by atoms with van der Waals surface area (Å²) in [5.41, 5.74) is 2.05. The van der Waals surface area contributed by atoms with E-state index in [9.17, 15) is 21.6 Å². The van der Waals surface area contributed by atoms with Crippen molar-refractivity contribution in [3.63, 3.8) is 0 Å². The lowest BCUT2D eigenvalue weighted by Gasteiger charge is -2.12. The van der Waals surface area contributed by atoms with E-state index < -0.39 is 22.0 Å². The largest absolute Gasteiger partial charge is 0.437 e. The summed E-state index contributed by atoms with van der Waals surface area (Å²) in [6, 6.07) is 11.9. The zero-order valence-electron chi connectivity index (χ0n) is 14.6. The van der Waals surface area contributed by atoms with Crippen LogP contribution >= 0.6 is 0 Å². The number of fused-ring (bicyclic) bond motifs is 3. The molecule has 0 radical (unpaired) electrons. The fourth-order valence-electron chi connectivity index (χ4n) is 3.01. The molecule has 0 atom stereocenters. The fraction of sp³-hybridized carbons (Fsp3) is 0.316. The number of rotatable bonds is 6. The van der Waals surface area contributed by atoms with Crippen molar-refractivity contribution in [3.05, 3.63) is 59.2 Å². The molecule has 1 aliphatic rings. The monoisotopic (exact) mass is 397 g/mol. The van der Waals surface area contributed by atoms with Crippen LogP contribution in [0.15, 0.2) is 47.6 Å². The molecule has 0 aromatic heterocycles. The van der Waals surface area contributed by atoms with Gasteiger partial charge in [0.1, 0.15) is 0 Å². The summed E-state index contributed by atoms with van der Waals surface area (Å²) in [7, 11) is -4.15. The van der Waals surface area contributed by atoms with Crippen LogP contribution in [0.25, 0.3) is 11.1 Å². The zero-order chi connectivity index (χ0) is 19.7. The average molecular weight is 397 g/mol. The molecule has 1 aliphatic carbocycles. The Morgan fingerprint density at radius 3 is 2.52 bits per heavy atom. The van der Waals surface area contributed by atoms with Crippen LogP contribution in [0.4, 0.5) is 13.2 Å². The third-order valence-corrected chi connectivity index (χ3v) is 5.42. The standard InChI is InChI=1S/C19H18F3NO3S/c1-2-3-10-27(24,25)26-23-18(19(20,21)22)14-8-9-17-15(12-14)11-13-6-4-5-7-16(13)17/h4-9,12H,2-3,10-11H2,1H3/b23-18-. The minimum atomic E-state index is -4.85. The Labute approximate surface area is 155 Å². The van der Waals surface area contributed by atoms with E-state index in [1.165, 1.54) is 12.1 Å². The topological polar surface area (TPSA) is 55.7 Å². The van der Waals surface area contributed by atoms with Crippen LogP contribution in [0.5, 0.6) is 0 Å². The molecule has 0 amide bonds. The number of hydrogen-bond donors (Lipinski definition) is 0. The first-order valence-corrected chi connectivity index (χ1v) is 10.1. The molecule has 0 saturated carbocycles. The molecule has 27 heavy (non-hydrogen) atoms. The van der Waals surface area contributed by atoms with Gasteiger partial charge >= 0.3 is 16.3 Å². The second-order valence-electron chi connectivity index (χ2n) is 6.33. The van der Waals surface area contributed by atoms with Gasteiger partial charge in [-0.1, -0.05) is 54.9 Å². The Morgan fingerprint density at radius 1 is 1.11 bits per heavy atom. The Morgan fingerprint density at radius 2 is 1.81 bits per heavy atom. The Bertz CT molecular complexity index is 982. The van der Waals surface area contributed by atoms with Crippen LogP contribution in [0.1, 0.15) is 36.5 Å². The van der Waals surface area contributed by atoms with Crippen LogP contribution in [0.2, 0.25) is 0 Å². The number of hydrogen-bond acceptors (Lipinski definition) is 4. The van der Waals surface area contributed by atoms with E-state index in [-0.39, 0.29) is 17.7 Å². The van der Waals surface area contributed by atoms with Crippen molar-refractivity contribution in [2.75, 3.05) is 5.75 Å². The van der Waals surface area contributed by atoms with Gasteiger partial charge in [0.25, 0.3) is 0 Å². The van der Waals surface area contributed by atoms with Crippen LogP contribution in [0.3, 0.4) is 0 Å². The molecule has 8 heteroatoms. The van der Waals surface area contributed by atoms with Gasteiger partial charge in [-0.3, -0.25) is 4.28 Å². The lowest BCUT2D eigenvalue weighted by molar-refractivity contribution is -0.0597. The highest BCUT2D eigenvalue weighted by Crippen LogP contribution is 2.37. The number of unbranched alkanes of at least 4 members (excludes halogenated alkanes) is 1. The highest BCUT2D eigenvalue weighted by Gasteiger charge is 2.39. The first-order valence-electron chi connectivity index (χ1n) is 8.49. The first-order chi connectivity index (χ1) is 12.7. The predicted molar refractivity (Wildman–Crippen MR) is 97.1 cm³/mol. The molecule has 4 nitrogen and oxygen atoms in total. The van der Waals surface area contributed by atoms with Crippen molar-refractivity contribution in [2.24, 2.45) is 5.16 Å². The molecule has 3 rings (SSSR count). The van der Waals surface area contributed by atoms with E-state index in [4.69, 9.17) is 0 Å². The molecule has 0 N–H and O–H groups in total. The van der Waals surface area contributed by atoms with Crippen molar-refractivity contribution in [1.29, 1.82) is 0 Å². The maximum Gasteiger partial charge on any atom is 0.437 e. The second kappa shape index (κ2) is 7.34. The number of oxime groups is 1. The van der Waals surface area contributed by atoms with Crippen molar-refractivity contribution in [3.8, 4) is 11.1 Å². The molecule has 0 aliphatic heterocycles. The summed E-state index contributed by atoms with van der Waals surface area (Å²) < 4.78 is 68.0. The average Bonchev–Trinajstić information content (AvgIpc) is 2.96. The van der Waals surface area contributed by atoms with E-state index in [1.54, 1.807) is 13.0 Å². The predicted octanol–water partition coefficient (Wildman–Crippen LogP) is 4.67. The maximum atomic E-state index is 13.4. The summed E-state index contributed by atoms with van der Waals surface area (Å²) >= 11 is 0. The van der Waals surface area contributed by atoms with Crippen LogP contribution in [-0.4, -0.2) is 26.1 Å². The molecular weight excluding hydrogens is 379 g/mol. The maximum absolute atomic E-state index is 13.4. The van der Waals surface area contributed by atoms with Crippen LogP contribution < -0.4 is 0 Å². The Balaban J connectivity index is 1.94. The van der Waals surface area contributed by atoms with Crippen LogP contribution in [-0.2, 0) is 20.8 Å². The van der Waals surface area contributed by atoms with Crippen LogP contribution in [0, 0.1) is 0 Å². The summed E-state index contributed by atoms with van der Waals surface area (Å²) in [5, 5.41) is 2.97. The van der Waals surface area contributed by atoms with Gasteiger partial charge in [0.15, 0.2) is 5.71 Å². The van der Waals surface area contributed by atoms with Gasteiger partial charge in [0, 0.05) is 5.56 Å². The van der Waals surface area contributed by atoms with Gasteiger partial charge in [-0.05, 0) is 41.2 Å². The number of nitrogens with zero attached hydrogens (tertiary/aromatic N) is 1. The minimum absolute atomic E-state index is 0.222. The number of benzene rings is 2. The SMILES string of the molecule is CCCCS(=O)(=O)O/N=C(/c1ccc2c(c1)Cc1ccccc1-2)C(F)(F)F. The lowest BCUT2D eigenvalue weighted by atomic mass is 10.0. The molecule has 144 valence electrons. The molecule has 0 unspecified atom stereocenters. The van der Waals surface area contributed by atoms with E-state index in [0.29, 0.717) is 12.8 Å². The van der Waals surface area contributed by atoms with E-state index >= 15 is 0 Å². The number of alkyl halides is 3. The van der Waals surface area contributed by atoms with Gasteiger partial charge in [-0.2, -0.15) is 21.6 Å². The Hall–Kier alpha value is -2.35. The molecule has 0 fully saturated rings. The highest BCUT2D eigenvalue weighted by molar-refractivity contribution is 7.86. The summed E-state index contributed by atoms with van der Waals surface area (Å²) in [6.45, 7) is 1.77. The first kappa shape index (κ1) is 19.4. The van der Waals surface area contributed by atoms with E-state index in [1.807, 2.05) is 24.3 Å². The van der Waals surface area contributed by atoms with Crippen molar-refractivity contribution in [2.45, 2.75) is 32.4 Å². The molecule has 2 aromatic carbocycles. The van der Waals surface area contributed by atoms with Gasteiger partial charge in [0.2, 0.25) is 0 Å². The second-order valence-corrected chi connectivity index (χ2v) is 8.01. The molecule has 0 saturated heterocycles. The fourth-order valence-corrected chi connectivity index (χ4v) is 3.92. The lowest BCUT2D eigenvalue weighted by Crippen LogP contribution is -2.25. The molecule has 0 bridgehead atoms. The summed E-state index contributed by atoms with van der Waals surface area (Å²) in [5.74, 6) is -0.377. The van der Waals surface area contributed by atoms with Crippen molar-refractivity contribution < 1.29 is 25.9 Å².